The van der Waals surface area contributed by atoms with Gasteiger partial charge >= 0.3 is 0 Å². The molecular weight excluding hydrogens is 372 g/mol. The molecule has 1 amide bonds. The van der Waals surface area contributed by atoms with E-state index in [1.165, 1.54) is 11.0 Å². The van der Waals surface area contributed by atoms with Crippen LogP contribution in [-0.4, -0.2) is 51.5 Å². The zero-order valence-electron chi connectivity index (χ0n) is 15.8. The van der Waals surface area contributed by atoms with Crippen molar-refractivity contribution in [2.75, 3.05) is 19.0 Å². The number of halogens is 1. The number of carbonyl (C=O) groups is 1. The smallest absolute Gasteiger partial charge is 0.245 e. The fraction of sp³-hybridized carbons (Fsp3) is 0.529. The zero-order chi connectivity index (χ0) is 18.9. The van der Waals surface area contributed by atoms with Gasteiger partial charge in [0.15, 0.2) is 0 Å². The molecule has 2 aromatic rings. The van der Waals surface area contributed by atoms with Crippen LogP contribution < -0.4 is 15.8 Å². The molecule has 0 bridgehead atoms. The molecule has 0 spiro atoms. The van der Waals surface area contributed by atoms with Crippen LogP contribution in [0.2, 0.25) is 0 Å². The minimum absolute atomic E-state index is 0. The number of hydrogen-bond acceptors (Lipinski definition) is 7. The fourth-order valence-corrected chi connectivity index (χ4v) is 3.28. The minimum atomic E-state index is -0.998. The summed E-state index contributed by atoms with van der Waals surface area (Å²) in [5.74, 6) is 0.337. The number of anilines is 1. The van der Waals surface area contributed by atoms with E-state index in [0.29, 0.717) is 30.2 Å². The number of nitrogens with two attached hydrogens (primary N) is 1. The number of rotatable bonds is 6. The highest BCUT2D eigenvalue weighted by molar-refractivity contribution is 6.00. The van der Waals surface area contributed by atoms with Gasteiger partial charge in [0.1, 0.15) is 23.3 Å². The molecule has 9 nitrogen and oxygen atoms in total. The van der Waals surface area contributed by atoms with Gasteiger partial charge in [-0.15, -0.1) is 17.5 Å². The van der Waals surface area contributed by atoms with Crippen molar-refractivity contribution in [3.63, 3.8) is 0 Å². The van der Waals surface area contributed by atoms with Gasteiger partial charge in [0.25, 0.3) is 0 Å². The molecule has 0 radical (unpaired) electrons. The van der Waals surface area contributed by atoms with Crippen LogP contribution in [0.25, 0.3) is 5.69 Å². The lowest BCUT2D eigenvalue weighted by atomic mass is 9.54. The van der Waals surface area contributed by atoms with Crippen molar-refractivity contribution < 1.29 is 14.3 Å². The van der Waals surface area contributed by atoms with E-state index in [1.807, 2.05) is 20.8 Å². The van der Waals surface area contributed by atoms with E-state index in [-0.39, 0.29) is 24.4 Å². The molecule has 1 heterocycles. The summed E-state index contributed by atoms with van der Waals surface area (Å²) in [5, 5.41) is 14.0. The van der Waals surface area contributed by atoms with Crippen molar-refractivity contribution in [1.82, 2.24) is 20.2 Å². The molecule has 3 N–H and O–H groups in total. The second-order valence-corrected chi connectivity index (χ2v) is 6.94. The van der Waals surface area contributed by atoms with Crippen molar-refractivity contribution in [3.8, 4) is 11.4 Å². The molecule has 2 atom stereocenters. The summed E-state index contributed by atoms with van der Waals surface area (Å²) >= 11 is 0. The van der Waals surface area contributed by atoms with E-state index in [4.69, 9.17) is 15.2 Å². The van der Waals surface area contributed by atoms with Gasteiger partial charge in [-0.3, -0.25) is 4.79 Å². The van der Waals surface area contributed by atoms with Gasteiger partial charge in [0.2, 0.25) is 5.91 Å². The van der Waals surface area contributed by atoms with E-state index in [1.54, 1.807) is 25.3 Å². The first-order chi connectivity index (χ1) is 12.3. The molecule has 1 aliphatic rings. The molecule has 0 aliphatic heterocycles. The van der Waals surface area contributed by atoms with Crippen LogP contribution in [0.1, 0.15) is 27.2 Å². The largest absolute Gasteiger partial charge is 0.494 e. The molecule has 2 unspecified atom stereocenters. The molecule has 1 aromatic heterocycles. The number of ether oxygens (including phenoxy) is 2. The maximum Gasteiger partial charge on any atom is 0.245 e. The number of tetrazole rings is 1. The van der Waals surface area contributed by atoms with E-state index in [9.17, 15) is 4.79 Å². The van der Waals surface area contributed by atoms with Gasteiger partial charge in [0, 0.05) is 24.1 Å². The van der Waals surface area contributed by atoms with Gasteiger partial charge in [-0.1, -0.05) is 13.8 Å². The van der Waals surface area contributed by atoms with Crippen molar-refractivity contribution in [3.05, 3.63) is 24.5 Å². The van der Waals surface area contributed by atoms with Crippen molar-refractivity contribution >= 4 is 24.0 Å². The topological polar surface area (TPSA) is 117 Å². The number of methoxy groups -OCH3 is 1. The average Bonchev–Trinajstić information content (AvgIpc) is 3.15. The predicted molar refractivity (Wildman–Crippen MR) is 102 cm³/mol. The van der Waals surface area contributed by atoms with Crippen molar-refractivity contribution in [2.24, 2.45) is 11.1 Å². The Hall–Kier alpha value is -2.23. The van der Waals surface area contributed by atoms with Crippen LogP contribution in [-0.2, 0) is 9.53 Å². The quantitative estimate of drug-likeness (QED) is 0.760. The lowest BCUT2D eigenvalue weighted by Crippen LogP contribution is -2.74. The lowest BCUT2D eigenvalue weighted by Gasteiger charge is -2.57. The van der Waals surface area contributed by atoms with Gasteiger partial charge in [0.05, 0.1) is 13.2 Å². The molecule has 1 aromatic carbocycles. The Morgan fingerprint density at radius 2 is 2.19 bits per heavy atom. The third-order valence-corrected chi connectivity index (χ3v) is 5.27. The van der Waals surface area contributed by atoms with Crippen LogP contribution in [0, 0.1) is 5.41 Å². The molecule has 27 heavy (non-hydrogen) atoms. The van der Waals surface area contributed by atoms with Crippen LogP contribution in [0.4, 0.5) is 5.69 Å². The van der Waals surface area contributed by atoms with Crippen LogP contribution in [0.3, 0.4) is 0 Å². The van der Waals surface area contributed by atoms with Gasteiger partial charge in [-0.05, 0) is 35.5 Å². The molecule has 0 saturated heterocycles. The van der Waals surface area contributed by atoms with E-state index < -0.39 is 11.0 Å². The number of amides is 1. The number of aromatic nitrogens is 4. The molecule has 3 rings (SSSR count). The summed E-state index contributed by atoms with van der Waals surface area (Å²) < 4.78 is 12.5. The third-order valence-electron chi connectivity index (χ3n) is 5.27. The molecule has 10 heteroatoms. The first-order valence-electron chi connectivity index (χ1n) is 8.47. The first-order valence-corrected chi connectivity index (χ1v) is 8.47. The highest BCUT2D eigenvalue weighted by atomic mass is 35.5. The van der Waals surface area contributed by atoms with Crippen molar-refractivity contribution in [2.45, 2.75) is 38.8 Å². The van der Waals surface area contributed by atoms with Gasteiger partial charge in [-0.25, -0.2) is 0 Å². The van der Waals surface area contributed by atoms with Gasteiger partial charge < -0.3 is 20.5 Å². The normalized spacial score (nSPS) is 23.1. The molecule has 148 valence electrons. The average molecular weight is 397 g/mol. The number of hydrogen-bond donors (Lipinski definition) is 2. The summed E-state index contributed by atoms with van der Waals surface area (Å²) in [4.78, 5) is 12.9. The second-order valence-electron chi connectivity index (χ2n) is 6.94. The Morgan fingerprint density at radius 3 is 2.74 bits per heavy atom. The summed E-state index contributed by atoms with van der Waals surface area (Å²) in [6.45, 7) is 6.44. The summed E-state index contributed by atoms with van der Waals surface area (Å²) in [6, 6.07) is 5.23. The number of benzene rings is 1. The Kier molecular flexibility index (Phi) is 6.08. The highest BCUT2D eigenvalue weighted by Gasteiger charge is 2.62. The predicted octanol–water partition coefficient (Wildman–Crippen LogP) is 1.56. The number of nitrogens with zero attached hydrogens (tertiary/aromatic N) is 4. The number of carbonyl (C=O) groups excluding carboxylic acids is 1. The Balaban J connectivity index is 0.00000261. The Morgan fingerprint density at radius 1 is 1.44 bits per heavy atom. The zero-order valence-corrected chi connectivity index (χ0v) is 16.6. The third kappa shape index (κ3) is 3.50. The molecule has 1 saturated carbocycles. The number of nitrogens with one attached hydrogen (secondary N) is 1. The minimum Gasteiger partial charge on any atom is -0.494 e. The molecular formula is C17H25ClN6O3. The molecule has 1 fully saturated rings. The van der Waals surface area contributed by atoms with Crippen LogP contribution in [0.15, 0.2) is 24.5 Å². The second kappa shape index (κ2) is 7.79. The first kappa shape index (κ1) is 21.1. The fourth-order valence-electron chi connectivity index (χ4n) is 3.28. The maximum absolute atomic E-state index is 12.9. The monoisotopic (exact) mass is 396 g/mol. The molecule has 1 aliphatic carbocycles. The van der Waals surface area contributed by atoms with Crippen molar-refractivity contribution in [1.29, 1.82) is 0 Å². The SMILES string of the molecule is CCOC1CC(N)(C(=O)Nc2ccc(OC)c(-n3cnnn3)c2)C1(C)C.Cl. The van der Waals surface area contributed by atoms with Crippen LogP contribution in [0.5, 0.6) is 5.75 Å². The van der Waals surface area contributed by atoms with E-state index in [0.717, 1.165) is 0 Å². The Bertz CT molecular complexity index is 798. The van der Waals surface area contributed by atoms with E-state index >= 15 is 0 Å². The van der Waals surface area contributed by atoms with Crippen LogP contribution >= 0.6 is 12.4 Å². The Labute approximate surface area is 164 Å². The standard InChI is InChI=1S/C17H24N6O3.ClH/c1-5-26-14-9-17(18,16(14,2)3)15(24)20-11-6-7-13(25-4)12(8-11)23-10-19-21-22-23;/h6-8,10,14H,5,9,18H2,1-4H3,(H,20,24);1H. The van der Waals surface area contributed by atoms with E-state index in [2.05, 4.69) is 20.8 Å². The summed E-state index contributed by atoms with van der Waals surface area (Å²) in [7, 11) is 1.56. The summed E-state index contributed by atoms with van der Waals surface area (Å²) in [6.07, 6.45) is 1.90. The maximum atomic E-state index is 12.9. The highest BCUT2D eigenvalue weighted by Crippen LogP contribution is 2.50. The summed E-state index contributed by atoms with van der Waals surface area (Å²) in [5.41, 5.74) is 6.17. The van der Waals surface area contributed by atoms with Gasteiger partial charge in [-0.2, -0.15) is 4.68 Å². The lowest BCUT2D eigenvalue weighted by molar-refractivity contribution is -0.166.